The van der Waals surface area contributed by atoms with Crippen molar-refractivity contribution in [2.24, 2.45) is 5.10 Å². The van der Waals surface area contributed by atoms with E-state index >= 15 is 0 Å². The Morgan fingerprint density at radius 1 is 1.07 bits per heavy atom. The number of hydrogen-bond acceptors (Lipinski definition) is 2. The summed E-state index contributed by atoms with van der Waals surface area (Å²) in [6.07, 6.45) is 3.60. The Labute approximate surface area is 164 Å². The SMILES string of the molecule is CC(/C=N\NC(=O)c1cc(C)n(-c2ccc(F)cc2)c1C)=C\c1ccccc1. The molecule has 3 rings (SSSR count). The van der Waals surface area contributed by atoms with Gasteiger partial charge < -0.3 is 4.57 Å². The summed E-state index contributed by atoms with van der Waals surface area (Å²) in [7, 11) is 0. The van der Waals surface area contributed by atoms with Crippen LogP contribution in [0, 0.1) is 19.7 Å². The van der Waals surface area contributed by atoms with Crippen molar-refractivity contribution in [1.82, 2.24) is 9.99 Å². The summed E-state index contributed by atoms with van der Waals surface area (Å²) in [6, 6.07) is 17.9. The van der Waals surface area contributed by atoms with Gasteiger partial charge in [-0.3, -0.25) is 4.79 Å². The van der Waals surface area contributed by atoms with Crippen molar-refractivity contribution in [3.8, 4) is 5.69 Å². The quantitative estimate of drug-likeness (QED) is 0.492. The Morgan fingerprint density at radius 3 is 2.43 bits per heavy atom. The van der Waals surface area contributed by atoms with Crippen molar-refractivity contribution < 1.29 is 9.18 Å². The van der Waals surface area contributed by atoms with Crippen molar-refractivity contribution in [1.29, 1.82) is 0 Å². The fourth-order valence-corrected chi connectivity index (χ4v) is 3.08. The third kappa shape index (κ3) is 4.43. The first kappa shape index (κ1) is 19.3. The van der Waals surface area contributed by atoms with E-state index in [9.17, 15) is 9.18 Å². The van der Waals surface area contributed by atoms with E-state index in [-0.39, 0.29) is 11.7 Å². The number of carbonyl (C=O) groups excluding carboxylic acids is 1. The highest BCUT2D eigenvalue weighted by Gasteiger charge is 2.16. The molecule has 4 nitrogen and oxygen atoms in total. The minimum absolute atomic E-state index is 0.287. The Balaban J connectivity index is 1.74. The first-order valence-electron chi connectivity index (χ1n) is 8.97. The molecule has 0 spiro atoms. The van der Waals surface area contributed by atoms with Crippen LogP contribution in [-0.2, 0) is 0 Å². The van der Waals surface area contributed by atoms with Gasteiger partial charge in [-0.15, -0.1) is 0 Å². The normalized spacial score (nSPS) is 11.8. The van der Waals surface area contributed by atoms with Gasteiger partial charge in [0.1, 0.15) is 5.82 Å². The highest BCUT2D eigenvalue weighted by molar-refractivity contribution is 5.96. The number of rotatable bonds is 5. The molecule has 0 atom stereocenters. The van der Waals surface area contributed by atoms with Crippen LogP contribution in [0.5, 0.6) is 0 Å². The third-order valence-electron chi connectivity index (χ3n) is 4.39. The molecular weight excluding hydrogens is 353 g/mol. The molecule has 0 aliphatic heterocycles. The van der Waals surface area contributed by atoms with Gasteiger partial charge in [0.15, 0.2) is 0 Å². The zero-order valence-corrected chi connectivity index (χ0v) is 16.1. The maximum atomic E-state index is 13.2. The number of amides is 1. The average molecular weight is 375 g/mol. The number of carbonyl (C=O) groups is 1. The van der Waals surface area contributed by atoms with Gasteiger partial charge in [-0.1, -0.05) is 36.4 Å². The molecule has 28 heavy (non-hydrogen) atoms. The molecule has 0 fully saturated rings. The van der Waals surface area contributed by atoms with Crippen LogP contribution in [0.15, 0.2) is 71.3 Å². The predicted octanol–water partition coefficient (Wildman–Crippen LogP) is 5.05. The molecule has 0 unspecified atom stereocenters. The standard InChI is InChI=1S/C23H22FN3O/c1-16(13-19-7-5-4-6-8-19)15-25-26-23(28)22-14-17(2)27(18(22)3)21-11-9-20(24)10-12-21/h4-15H,1-3H3,(H,26,28)/b16-13+,25-15-. The third-order valence-corrected chi connectivity index (χ3v) is 4.39. The zero-order chi connectivity index (χ0) is 20.1. The van der Waals surface area contributed by atoms with E-state index in [2.05, 4.69) is 10.5 Å². The Bertz CT molecular complexity index is 1030. The molecule has 0 aliphatic rings. The second kappa shape index (κ2) is 8.48. The van der Waals surface area contributed by atoms with Crippen molar-refractivity contribution in [2.75, 3.05) is 0 Å². The number of aryl methyl sites for hydroxylation is 1. The molecule has 1 aromatic heterocycles. The second-order valence-electron chi connectivity index (χ2n) is 6.59. The molecule has 1 N–H and O–H groups in total. The van der Waals surface area contributed by atoms with Gasteiger partial charge in [-0.05, 0) is 62.2 Å². The molecule has 0 saturated carbocycles. The Morgan fingerprint density at radius 2 is 1.75 bits per heavy atom. The molecule has 3 aromatic rings. The summed E-state index contributed by atoms with van der Waals surface area (Å²) in [5, 5.41) is 4.06. The van der Waals surface area contributed by atoms with Crippen molar-refractivity contribution in [3.63, 3.8) is 0 Å². The lowest BCUT2D eigenvalue weighted by molar-refractivity contribution is 0.0954. The summed E-state index contributed by atoms with van der Waals surface area (Å²) >= 11 is 0. The van der Waals surface area contributed by atoms with Crippen LogP contribution in [-0.4, -0.2) is 16.7 Å². The van der Waals surface area contributed by atoms with Gasteiger partial charge in [-0.25, -0.2) is 9.82 Å². The summed E-state index contributed by atoms with van der Waals surface area (Å²) in [6.45, 7) is 5.68. The van der Waals surface area contributed by atoms with E-state index in [0.29, 0.717) is 5.56 Å². The van der Waals surface area contributed by atoms with Gasteiger partial charge in [0.05, 0.1) is 11.8 Å². The minimum atomic E-state index is -0.294. The molecule has 1 amide bonds. The minimum Gasteiger partial charge on any atom is -0.318 e. The van der Waals surface area contributed by atoms with E-state index in [4.69, 9.17) is 0 Å². The molecular formula is C23H22FN3O. The molecule has 2 aromatic carbocycles. The number of nitrogens with zero attached hydrogens (tertiary/aromatic N) is 2. The van der Waals surface area contributed by atoms with Crippen molar-refractivity contribution >= 4 is 18.2 Å². The lowest BCUT2D eigenvalue weighted by Gasteiger charge is -2.09. The Hall–Kier alpha value is -3.47. The molecule has 0 bridgehead atoms. The lowest BCUT2D eigenvalue weighted by atomic mass is 10.1. The van der Waals surface area contributed by atoms with Gasteiger partial charge in [0.25, 0.3) is 5.91 Å². The van der Waals surface area contributed by atoms with Crippen LogP contribution in [0.25, 0.3) is 11.8 Å². The molecule has 1 heterocycles. The van der Waals surface area contributed by atoms with Gasteiger partial charge in [0.2, 0.25) is 0 Å². The van der Waals surface area contributed by atoms with Crippen LogP contribution in [0.4, 0.5) is 4.39 Å². The molecule has 0 radical (unpaired) electrons. The molecule has 0 aliphatic carbocycles. The topological polar surface area (TPSA) is 46.4 Å². The number of allylic oxidation sites excluding steroid dienone is 1. The maximum Gasteiger partial charge on any atom is 0.273 e. The number of nitrogens with one attached hydrogen (secondary N) is 1. The number of halogens is 1. The largest absolute Gasteiger partial charge is 0.318 e. The van der Waals surface area contributed by atoms with Crippen LogP contribution < -0.4 is 5.43 Å². The fraction of sp³-hybridized carbons (Fsp3) is 0.130. The number of hydrazone groups is 1. The molecule has 0 saturated heterocycles. The lowest BCUT2D eigenvalue weighted by Crippen LogP contribution is -2.18. The van der Waals surface area contributed by atoms with Gasteiger partial charge >= 0.3 is 0 Å². The second-order valence-corrected chi connectivity index (χ2v) is 6.59. The first-order valence-corrected chi connectivity index (χ1v) is 8.97. The Kier molecular flexibility index (Phi) is 5.84. The average Bonchev–Trinajstić information content (AvgIpc) is 2.98. The molecule has 142 valence electrons. The van der Waals surface area contributed by atoms with E-state index in [0.717, 1.165) is 28.2 Å². The van der Waals surface area contributed by atoms with Crippen molar-refractivity contribution in [2.45, 2.75) is 20.8 Å². The fourth-order valence-electron chi connectivity index (χ4n) is 3.08. The highest BCUT2D eigenvalue weighted by Crippen LogP contribution is 2.21. The maximum absolute atomic E-state index is 13.2. The van der Waals surface area contributed by atoms with Crippen LogP contribution >= 0.6 is 0 Å². The van der Waals surface area contributed by atoms with Gasteiger partial charge in [0, 0.05) is 17.1 Å². The monoisotopic (exact) mass is 375 g/mol. The van der Waals surface area contributed by atoms with E-state index in [1.54, 1.807) is 24.4 Å². The summed E-state index contributed by atoms with van der Waals surface area (Å²) in [5.74, 6) is -0.581. The zero-order valence-electron chi connectivity index (χ0n) is 16.1. The first-order chi connectivity index (χ1) is 13.5. The number of benzene rings is 2. The summed E-state index contributed by atoms with van der Waals surface area (Å²) < 4.78 is 15.1. The van der Waals surface area contributed by atoms with E-state index < -0.39 is 0 Å². The summed E-state index contributed by atoms with van der Waals surface area (Å²) in [4.78, 5) is 12.5. The number of hydrogen-bond donors (Lipinski definition) is 1. The highest BCUT2D eigenvalue weighted by atomic mass is 19.1. The smallest absolute Gasteiger partial charge is 0.273 e. The predicted molar refractivity (Wildman–Crippen MR) is 111 cm³/mol. The van der Waals surface area contributed by atoms with Crippen LogP contribution in [0.1, 0.15) is 34.2 Å². The van der Waals surface area contributed by atoms with E-state index in [1.165, 1.54) is 12.1 Å². The van der Waals surface area contributed by atoms with Gasteiger partial charge in [-0.2, -0.15) is 5.10 Å². The number of aromatic nitrogens is 1. The van der Waals surface area contributed by atoms with Crippen LogP contribution in [0.3, 0.4) is 0 Å². The van der Waals surface area contributed by atoms with E-state index in [1.807, 2.05) is 61.7 Å². The molecule has 5 heteroatoms. The summed E-state index contributed by atoms with van der Waals surface area (Å²) in [5.41, 5.74) is 7.56. The van der Waals surface area contributed by atoms with Crippen LogP contribution in [0.2, 0.25) is 0 Å². The van der Waals surface area contributed by atoms with Crippen molar-refractivity contribution in [3.05, 3.63) is 94.6 Å².